The first kappa shape index (κ1) is 23.2. The summed E-state index contributed by atoms with van der Waals surface area (Å²) in [6.07, 6.45) is 1.09. The van der Waals surface area contributed by atoms with Crippen molar-refractivity contribution in [1.82, 2.24) is 0 Å². The average Bonchev–Trinajstić information content (AvgIpc) is 2.78. The molecule has 0 spiro atoms. The molecule has 0 saturated carbocycles. The minimum Gasteiger partial charge on any atom is -0.508 e. The standard InChI is InChI=1S/C30H30O4/c1-17-11-29(33)19(3)9-23(17)15-25-13-21(5-7-27(25)31)22-6-8-28(32)26(14-22)16-24-10-20(4)30(34)12-18(24)2/h5-14,31-34H,15-16H2,1-4H3. The van der Waals surface area contributed by atoms with Crippen molar-refractivity contribution in [3.63, 3.8) is 0 Å². The van der Waals surface area contributed by atoms with Crippen molar-refractivity contribution < 1.29 is 20.4 Å². The van der Waals surface area contributed by atoms with Gasteiger partial charge in [0.2, 0.25) is 0 Å². The van der Waals surface area contributed by atoms with Gasteiger partial charge in [0, 0.05) is 12.8 Å². The number of phenolic OH excluding ortho intramolecular Hbond substituents is 4. The summed E-state index contributed by atoms with van der Waals surface area (Å²) in [6.45, 7) is 7.64. The van der Waals surface area contributed by atoms with Gasteiger partial charge in [0.15, 0.2) is 0 Å². The molecule has 0 bridgehead atoms. The number of benzene rings is 4. The lowest BCUT2D eigenvalue weighted by Crippen LogP contribution is -1.96. The van der Waals surface area contributed by atoms with Gasteiger partial charge in [-0.2, -0.15) is 0 Å². The minimum atomic E-state index is 0.225. The summed E-state index contributed by atoms with van der Waals surface area (Å²) in [7, 11) is 0. The zero-order valence-electron chi connectivity index (χ0n) is 20.0. The molecule has 4 nitrogen and oxygen atoms in total. The van der Waals surface area contributed by atoms with Gasteiger partial charge in [-0.15, -0.1) is 0 Å². The van der Waals surface area contributed by atoms with Crippen LogP contribution in [0.1, 0.15) is 44.5 Å². The first-order valence-electron chi connectivity index (χ1n) is 11.3. The summed E-state index contributed by atoms with van der Waals surface area (Å²) in [6, 6.07) is 18.5. The number of aromatic hydroxyl groups is 4. The summed E-state index contributed by atoms with van der Waals surface area (Å²) < 4.78 is 0. The molecule has 0 aromatic heterocycles. The molecule has 4 rings (SSSR count). The van der Waals surface area contributed by atoms with E-state index in [2.05, 4.69) is 0 Å². The van der Waals surface area contributed by atoms with E-state index in [4.69, 9.17) is 0 Å². The van der Waals surface area contributed by atoms with E-state index >= 15 is 0 Å². The van der Waals surface area contributed by atoms with Crippen molar-refractivity contribution in [3.8, 4) is 34.1 Å². The molecule has 0 unspecified atom stereocenters. The maximum absolute atomic E-state index is 10.5. The van der Waals surface area contributed by atoms with Gasteiger partial charge < -0.3 is 20.4 Å². The lowest BCUT2D eigenvalue weighted by molar-refractivity contribution is 0.467. The van der Waals surface area contributed by atoms with Crippen LogP contribution in [-0.4, -0.2) is 20.4 Å². The monoisotopic (exact) mass is 454 g/mol. The fraction of sp³-hybridized carbons (Fsp3) is 0.200. The summed E-state index contributed by atoms with van der Waals surface area (Å²) in [4.78, 5) is 0. The zero-order valence-corrected chi connectivity index (χ0v) is 20.0. The molecule has 4 heteroatoms. The molecule has 0 fully saturated rings. The van der Waals surface area contributed by atoms with Gasteiger partial charge in [-0.05, 0) is 120 Å². The van der Waals surface area contributed by atoms with Gasteiger partial charge in [0.25, 0.3) is 0 Å². The van der Waals surface area contributed by atoms with Crippen LogP contribution in [0.3, 0.4) is 0 Å². The number of aryl methyl sites for hydroxylation is 4. The van der Waals surface area contributed by atoms with E-state index in [-0.39, 0.29) is 23.0 Å². The van der Waals surface area contributed by atoms with Gasteiger partial charge in [-0.1, -0.05) is 24.3 Å². The van der Waals surface area contributed by atoms with Crippen molar-refractivity contribution in [2.75, 3.05) is 0 Å². The Labute approximate surface area is 200 Å². The topological polar surface area (TPSA) is 80.9 Å². The third-order valence-electron chi connectivity index (χ3n) is 6.56. The van der Waals surface area contributed by atoms with Crippen molar-refractivity contribution in [2.45, 2.75) is 40.5 Å². The first-order chi connectivity index (χ1) is 16.1. The van der Waals surface area contributed by atoms with Crippen LogP contribution in [0.15, 0.2) is 60.7 Å². The normalized spacial score (nSPS) is 11.1. The van der Waals surface area contributed by atoms with E-state index in [0.717, 1.165) is 55.6 Å². The molecule has 0 aliphatic heterocycles. The van der Waals surface area contributed by atoms with E-state index in [1.54, 1.807) is 24.3 Å². The second-order valence-electron chi connectivity index (χ2n) is 9.17. The predicted molar refractivity (Wildman–Crippen MR) is 136 cm³/mol. The molecular weight excluding hydrogens is 424 g/mol. The lowest BCUT2D eigenvalue weighted by atomic mass is 9.93. The Kier molecular flexibility index (Phi) is 6.25. The molecule has 4 aromatic rings. The van der Waals surface area contributed by atoms with Crippen molar-refractivity contribution in [1.29, 1.82) is 0 Å². The van der Waals surface area contributed by atoms with E-state index in [1.807, 2.05) is 64.1 Å². The highest BCUT2D eigenvalue weighted by Crippen LogP contribution is 2.33. The van der Waals surface area contributed by atoms with Crippen molar-refractivity contribution in [2.24, 2.45) is 0 Å². The van der Waals surface area contributed by atoms with E-state index < -0.39 is 0 Å². The molecule has 174 valence electrons. The fourth-order valence-electron chi connectivity index (χ4n) is 4.33. The predicted octanol–water partition coefficient (Wildman–Crippen LogP) is 6.59. The largest absolute Gasteiger partial charge is 0.508 e. The van der Waals surface area contributed by atoms with Crippen molar-refractivity contribution in [3.05, 3.63) is 105 Å². The maximum atomic E-state index is 10.5. The first-order valence-corrected chi connectivity index (χ1v) is 11.3. The molecule has 0 atom stereocenters. The quantitative estimate of drug-likeness (QED) is 0.274. The van der Waals surface area contributed by atoms with Crippen LogP contribution in [0, 0.1) is 27.7 Å². The van der Waals surface area contributed by atoms with Crippen LogP contribution >= 0.6 is 0 Å². The molecule has 0 radical (unpaired) electrons. The van der Waals surface area contributed by atoms with Crippen molar-refractivity contribution >= 4 is 0 Å². The Hall–Kier alpha value is -3.92. The molecule has 4 N–H and O–H groups in total. The molecule has 0 aliphatic carbocycles. The molecule has 0 saturated heterocycles. The number of hydrogen-bond acceptors (Lipinski definition) is 4. The van der Waals surface area contributed by atoms with Crippen LogP contribution in [0.2, 0.25) is 0 Å². The number of hydrogen-bond donors (Lipinski definition) is 4. The Balaban J connectivity index is 1.68. The van der Waals surface area contributed by atoms with E-state index in [1.165, 1.54) is 0 Å². The summed E-state index contributed by atoms with van der Waals surface area (Å²) in [5, 5.41) is 41.0. The molecule has 0 aliphatic rings. The van der Waals surface area contributed by atoms with Gasteiger partial charge in [0.1, 0.15) is 23.0 Å². The highest BCUT2D eigenvalue weighted by atomic mass is 16.3. The van der Waals surface area contributed by atoms with E-state index in [9.17, 15) is 20.4 Å². The highest BCUT2D eigenvalue weighted by molar-refractivity contribution is 5.68. The summed E-state index contributed by atoms with van der Waals surface area (Å²) in [5.74, 6) is 0.996. The van der Waals surface area contributed by atoms with Gasteiger partial charge >= 0.3 is 0 Å². The molecule has 0 amide bonds. The van der Waals surface area contributed by atoms with Crippen LogP contribution in [0.4, 0.5) is 0 Å². The van der Waals surface area contributed by atoms with Gasteiger partial charge in [-0.3, -0.25) is 0 Å². The Bertz CT molecular complexity index is 1280. The fourth-order valence-corrected chi connectivity index (χ4v) is 4.33. The number of phenols is 4. The third-order valence-corrected chi connectivity index (χ3v) is 6.56. The Morgan fingerprint density at radius 1 is 0.412 bits per heavy atom. The smallest absolute Gasteiger partial charge is 0.119 e. The molecule has 4 aromatic carbocycles. The Morgan fingerprint density at radius 2 is 0.794 bits per heavy atom. The average molecular weight is 455 g/mol. The second kappa shape index (κ2) is 9.14. The molecule has 0 heterocycles. The second-order valence-corrected chi connectivity index (χ2v) is 9.17. The number of rotatable bonds is 5. The molecule has 34 heavy (non-hydrogen) atoms. The van der Waals surface area contributed by atoms with Crippen LogP contribution < -0.4 is 0 Å². The van der Waals surface area contributed by atoms with Crippen LogP contribution in [0.5, 0.6) is 23.0 Å². The van der Waals surface area contributed by atoms with Gasteiger partial charge in [0.05, 0.1) is 0 Å². The van der Waals surface area contributed by atoms with Crippen LogP contribution in [0.25, 0.3) is 11.1 Å². The molecular formula is C30H30O4. The minimum absolute atomic E-state index is 0.225. The third kappa shape index (κ3) is 4.72. The zero-order chi connectivity index (χ0) is 24.6. The SMILES string of the molecule is Cc1cc(Cc2cc(-c3ccc(O)c(Cc4cc(C)c(O)cc4C)c3)ccc2O)c(C)cc1O. The summed E-state index contributed by atoms with van der Waals surface area (Å²) in [5.41, 5.74) is 9.13. The van der Waals surface area contributed by atoms with E-state index in [0.29, 0.717) is 12.8 Å². The van der Waals surface area contributed by atoms with Crippen LogP contribution in [-0.2, 0) is 12.8 Å². The highest BCUT2D eigenvalue weighted by Gasteiger charge is 2.12. The maximum Gasteiger partial charge on any atom is 0.119 e. The summed E-state index contributed by atoms with van der Waals surface area (Å²) >= 11 is 0. The Morgan fingerprint density at radius 3 is 1.18 bits per heavy atom. The lowest BCUT2D eigenvalue weighted by Gasteiger charge is -2.14. The van der Waals surface area contributed by atoms with Gasteiger partial charge in [-0.25, -0.2) is 0 Å².